The van der Waals surface area contributed by atoms with Crippen LogP contribution in [0.2, 0.25) is 0 Å². The Balaban J connectivity index is 1.04. The van der Waals surface area contributed by atoms with Crippen molar-refractivity contribution < 1.29 is 27.5 Å². The molecule has 4 heterocycles. The van der Waals surface area contributed by atoms with Crippen LogP contribution in [-0.2, 0) is 4.79 Å². The van der Waals surface area contributed by atoms with Crippen molar-refractivity contribution in [2.24, 2.45) is 11.3 Å². The lowest BCUT2D eigenvalue weighted by Crippen LogP contribution is -2.61. The molecule has 1 aromatic carbocycles. The largest absolute Gasteiger partial charge is 0.434 e. The average Bonchev–Trinajstić information content (AvgIpc) is 3.21. The van der Waals surface area contributed by atoms with Gasteiger partial charge >= 0.3 is 5.92 Å². The van der Waals surface area contributed by atoms with Crippen molar-refractivity contribution in [3.8, 4) is 11.6 Å². The minimum Gasteiger partial charge on any atom is -0.434 e. The van der Waals surface area contributed by atoms with Gasteiger partial charge in [-0.2, -0.15) is 8.78 Å². The number of aromatic nitrogens is 3. The number of hydrogen-bond acceptors (Lipinski definition) is 8. The van der Waals surface area contributed by atoms with Crippen LogP contribution in [-0.4, -0.2) is 93.6 Å². The zero-order valence-electron chi connectivity index (χ0n) is 26.2. The second-order valence-corrected chi connectivity index (χ2v) is 13.7. The summed E-state index contributed by atoms with van der Waals surface area (Å²) in [5.74, 6) is -3.85. The minimum atomic E-state index is -3.24. The molecular formula is C32H42F3N7O3. The molecule has 1 aromatic heterocycles. The molecule has 4 aliphatic rings. The van der Waals surface area contributed by atoms with Crippen molar-refractivity contribution in [3.05, 3.63) is 35.9 Å². The first kappa shape index (κ1) is 31.5. The van der Waals surface area contributed by atoms with E-state index in [1.807, 2.05) is 20.8 Å². The second kappa shape index (κ2) is 12.0. The van der Waals surface area contributed by atoms with Crippen LogP contribution in [0.1, 0.15) is 76.1 Å². The van der Waals surface area contributed by atoms with E-state index in [-0.39, 0.29) is 41.0 Å². The maximum atomic E-state index is 14.2. The summed E-state index contributed by atoms with van der Waals surface area (Å²) >= 11 is 0. The van der Waals surface area contributed by atoms with Crippen LogP contribution < -0.4 is 15.0 Å². The number of nitrogens with one attached hydrogen (secondary N) is 1. The van der Waals surface area contributed by atoms with Gasteiger partial charge in [-0.3, -0.25) is 9.59 Å². The van der Waals surface area contributed by atoms with Gasteiger partial charge in [0, 0.05) is 49.6 Å². The zero-order chi connectivity index (χ0) is 32.0. The van der Waals surface area contributed by atoms with E-state index in [1.54, 1.807) is 4.90 Å². The molecule has 2 aromatic rings. The monoisotopic (exact) mass is 629 g/mol. The van der Waals surface area contributed by atoms with Gasteiger partial charge < -0.3 is 24.8 Å². The fourth-order valence-electron chi connectivity index (χ4n) is 7.70. The molecule has 4 fully saturated rings. The summed E-state index contributed by atoms with van der Waals surface area (Å²) in [4.78, 5) is 35.7. The Kier molecular flexibility index (Phi) is 8.42. The molecule has 0 radical (unpaired) electrons. The third-order valence-electron chi connectivity index (χ3n) is 10.3. The summed E-state index contributed by atoms with van der Waals surface area (Å²) in [7, 11) is 0. The third kappa shape index (κ3) is 6.32. The zero-order valence-corrected chi connectivity index (χ0v) is 26.2. The molecule has 2 spiro atoms. The molecule has 1 aliphatic carbocycles. The predicted octanol–water partition coefficient (Wildman–Crippen LogP) is 4.66. The number of alkyl halides is 2. The maximum absolute atomic E-state index is 14.2. The number of carbonyl (C=O) groups is 2. The van der Waals surface area contributed by atoms with E-state index in [9.17, 15) is 22.8 Å². The molecule has 3 aliphatic heterocycles. The summed E-state index contributed by atoms with van der Waals surface area (Å²) in [5, 5.41) is 10.7. The van der Waals surface area contributed by atoms with E-state index < -0.39 is 23.2 Å². The van der Waals surface area contributed by atoms with Gasteiger partial charge in [-0.05, 0) is 96.5 Å². The number of benzene rings is 1. The molecule has 2 amide bonds. The number of likely N-dealkylation sites (tertiary alicyclic amines) is 1. The highest BCUT2D eigenvalue weighted by Gasteiger charge is 2.56. The number of rotatable bonds is 8. The van der Waals surface area contributed by atoms with Gasteiger partial charge in [-0.1, -0.05) is 0 Å². The molecular weight excluding hydrogens is 587 g/mol. The summed E-state index contributed by atoms with van der Waals surface area (Å²) in [5.41, 5.74) is -0.451. The lowest BCUT2D eigenvalue weighted by Gasteiger charge is -2.54. The van der Waals surface area contributed by atoms with Crippen LogP contribution in [0.3, 0.4) is 0 Å². The normalized spacial score (nSPS) is 25.8. The average molecular weight is 630 g/mol. The molecule has 13 heteroatoms. The fraction of sp³-hybridized carbons (Fsp3) is 0.656. The van der Waals surface area contributed by atoms with Crippen molar-refractivity contribution in [2.45, 2.75) is 83.2 Å². The van der Waals surface area contributed by atoms with Crippen molar-refractivity contribution in [2.75, 3.05) is 44.2 Å². The van der Waals surface area contributed by atoms with E-state index in [2.05, 4.69) is 30.3 Å². The number of piperidine rings is 1. The molecule has 6 rings (SSSR count). The molecule has 244 valence electrons. The second-order valence-electron chi connectivity index (χ2n) is 13.7. The van der Waals surface area contributed by atoms with Crippen LogP contribution in [0.15, 0.2) is 24.5 Å². The fourth-order valence-corrected chi connectivity index (χ4v) is 7.70. The van der Waals surface area contributed by atoms with E-state index in [0.717, 1.165) is 58.4 Å². The molecule has 0 unspecified atom stereocenters. The van der Waals surface area contributed by atoms with Crippen molar-refractivity contribution >= 4 is 17.6 Å². The predicted molar refractivity (Wildman–Crippen MR) is 161 cm³/mol. The number of halogens is 3. The van der Waals surface area contributed by atoms with Crippen LogP contribution in [0.5, 0.6) is 11.6 Å². The number of ether oxygens (including phenoxy) is 1. The Hall–Kier alpha value is -3.48. The topological polar surface area (TPSA) is 104 Å². The molecule has 45 heavy (non-hydrogen) atoms. The summed E-state index contributed by atoms with van der Waals surface area (Å²) < 4.78 is 48.1. The highest BCUT2D eigenvalue weighted by molar-refractivity contribution is 5.97. The Morgan fingerprint density at radius 3 is 2.49 bits per heavy atom. The molecule has 0 atom stereocenters. The first-order valence-electron chi connectivity index (χ1n) is 16.1. The number of anilines is 1. The highest BCUT2D eigenvalue weighted by Crippen LogP contribution is 2.46. The van der Waals surface area contributed by atoms with Crippen molar-refractivity contribution in [3.63, 3.8) is 0 Å². The summed E-state index contributed by atoms with van der Waals surface area (Å²) in [6.07, 6.45) is 6.01. The van der Waals surface area contributed by atoms with Crippen molar-refractivity contribution in [1.29, 1.82) is 0 Å². The van der Waals surface area contributed by atoms with E-state index in [0.29, 0.717) is 31.1 Å². The van der Waals surface area contributed by atoms with E-state index >= 15 is 0 Å². The van der Waals surface area contributed by atoms with Crippen LogP contribution >= 0.6 is 0 Å². The molecule has 1 N–H and O–H groups in total. The number of carbonyl (C=O) groups excluding carboxylic acids is 2. The van der Waals surface area contributed by atoms with Crippen LogP contribution in [0, 0.1) is 17.2 Å². The maximum Gasteiger partial charge on any atom is 0.326 e. The standard InChI is InChI=1S/C32H42F3N7O3/c1-4-42(21(2)3)28(43)24-15-23(33)5-6-25(24)45-27-26(36-20-37-39-27)41-18-30(19-41)11-13-40(14-12-30)16-22-7-9-31(10-8-22)17-32(34,35)29(44)38-31/h5-6,15,20-22H,4,7-14,16-19H2,1-3H3,(H,38,44)/t22-,31-. The molecule has 3 saturated heterocycles. The van der Waals surface area contributed by atoms with Gasteiger partial charge in [0.25, 0.3) is 17.7 Å². The Labute approximate surface area is 261 Å². The van der Waals surface area contributed by atoms with E-state index in [1.165, 1.54) is 24.5 Å². The highest BCUT2D eigenvalue weighted by atomic mass is 19.3. The SMILES string of the molecule is CCN(C(=O)c1cc(F)ccc1Oc1nncnc1N1CC2(CCN(C[C@H]3CC[C@]4(CC3)CC(F)(F)C(=O)N4)CC2)C1)C(C)C. The third-order valence-corrected chi connectivity index (χ3v) is 10.3. The first-order valence-corrected chi connectivity index (χ1v) is 16.1. The van der Waals surface area contributed by atoms with Gasteiger partial charge in [0.1, 0.15) is 17.9 Å². The Morgan fingerprint density at radius 1 is 1.16 bits per heavy atom. The van der Waals surface area contributed by atoms with Gasteiger partial charge in [0.15, 0.2) is 5.82 Å². The summed E-state index contributed by atoms with van der Waals surface area (Å²) in [6.45, 7) is 10.7. The van der Waals surface area contributed by atoms with Gasteiger partial charge in [0.2, 0.25) is 0 Å². The Morgan fingerprint density at radius 2 is 1.87 bits per heavy atom. The lowest BCUT2D eigenvalue weighted by atomic mass is 9.71. The van der Waals surface area contributed by atoms with Gasteiger partial charge in [0.05, 0.1) is 5.56 Å². The molecule has 0 bridgehead atoms. The molecule has 1 saturated carbocycles. The minimum absolute atomic E-state index is 0.0668. The number of hydrogen-bond donors (Lipinski definition) is 1. The Bertz CT molecular complexity index is 1420. The first-order chi connectivity index (χ1) is 21.4. The van der Waals surface area contributed by atoms with Crippen LogP contribution in [0.4, 0.5) is 19.0 Å². The van der Waals surface area contributed by atoms with Crippen LogP contribution in [0.25, 0.3) is 0 Å². The quantitative estimate of drug-likeness (QED) is 0.450. The molecule has 10 nitrogen and oxygen atoms in total. The number of amides is 2. The van der Waals surface area contributed by atoms with Crippen molar-refractivity contribution in [1.82, 2.24) is 30.3 Å². The number of nitrogens with zero attached hydrogens (tertiary/aromatic N) is 6. The lowest BCUT2D eigenvalue weighted by molar-refractivity contribution is -0.139. The smallest absolute Gasteiger partial charge is 0.326 e. The van der Waals surface area contributed by atoms with E-state index in [4.69, 9.17) is 4.74 Å². The van der Waals surface area contributed by atoms with Gasteiger partial charge in [-0.15, -0.1) is 10.2 Å². The summed E-state index contributed by atoms with van der Waals surface area (Å²) in [6, 6.07) is 3.81. The van der Waals surface area contributed by atoms with Gasteiger partial charge in [-0.25, -0.2) is 9.37 Å².